The molecule has 0 fully saturated rings. The predicted octanol–water partition coefficient (Wildman–Crippen LogP) is 2.35. The summed E-state index contributed by atoms with van der Waals surface area (Å²) in [6, 6.07) is 0. The van der Waals surface area contributed by atoms with E-state index in [-0.39, 0.29) is 0 Å². The van der Waals surface area contributed by atoms with Crippen LogP contribution in [0.4, 0.5) is 5.95 Å². The Morgan fingerprint density at radius 1 is 1.54 bits per heavy atom. The third kappa shape index (κ3) is 2.46. The van der Waals surface area contributed by atoms with Crippen molar-refractivity contribution in [1.82, 2.24) is 9.55 Å². The molecule has 2 N–H and O–H groups in total. The van der Waals surface area contributed by atoms with Gasteiger partial charge < -0.3 is 10.3 Å². The lowest BCUT2D eigenvalue weighted by Crippen LogP contribution is -2.02. The fourth-order valence-corrected chi connectivity index (χ4v) is 1.86. The smallest absolute Gasteiger partial charge is 0.201 e. The van der Waals surface area contributed by atoms with Gasteiger partial charge in [-0.25, -0.2) is 4.98 Å². The fraction of sp³-hybridized carbons (Fsp3) is 0.667. The van der Waals surface area contributed by atoms with Crippen molar-refractivity contribution in [3.63, 3.8) is 0 Å². The van der Waals surface area contributed by atoms with Crippen LogP contribution in [0.5, 0.6) is 0 Å². The summed E-state index contributed by atoms with van der Waals surface area (Å²) in [6.07, 6.45) is 2.19. The zero-order valence-electron chi connectivity index (χ0n) is 8.34. The molecule has 0 aliphatic carbocycles. The maximum Gasteiger partial charge on any atom is 0.201 e. The molecule has 0 bridgehead atoms. The van der Waals surface area contributed by atoms with Crippen LogP contribution in [0, 0.1) is 5.92 Å². The van der Waals surface area contributed by atoms with Gasteiger partial charge in [0.1, 0.15) is 4.60 Å². The van der Waals surface area contributed by atoms with Crippen molar-refractivity contribution in [3.05, 3.63) is 10.3 Å². The van der Waals surface area contributed by atoms with Crippen LogP contribution in [0.25, 0.3) is 0 Å². The standard InChI is InChI=1S/C9H16BrN3/c1-6(2)4-5-7-8(10)12-9(11)13(7)3/h6H,4-5H2,1-3H3,(H2,11,12). The van der Waals surface area contributed by atoms with E-state index in [9.17, 15) is 0 Å². The minimum atomic E-state index is 0.575. The van der Waals surface area contributed by atoms with Gasteiger partial charge in [-0.3, -0.25) is 0 Å². The Kier molecular flexibility index (Phi) is 3.36. The molecule has 0 unspecified atom stereocenters. The molecule has 0 spiro atoms. The molecule has 0 radical (unpaired) electrons. The van der Waals surface area contributed by atoms with Gasteiger partial charge in [0.25, 0.3) is 0 Å². The number of aromatic nitrogens is 2. The fourth-order valence-electron chi connectivity index (χ4n) is 1.21. The minimum absolute atomic E-state index is 0.575. The van der Waals surface area contributed by atoms with E-state index < -0.39 is 0 Å². The van der Waals surface area contributed by atoms with Crippen molar-refractivity contribution in [3.8, 4) is 0 Å². The normalized spacial score (nSPS) is 11.2. The summed E-state index contributed by atoms with van der Waals surface area (Å²) >= 11 is 3.41. The second-order valence-electron chi connectivity index (χ2n) is 3.70. The van der Waals surface area contributed by atoms with Crippen LogP contribution < -0.4 is 5.73 Å². The first-order valence-electron chi connectivity index (χ1n) is 4.49. The lowest BCUT2D eigenvalue weighted by molar-refractivity contribution is 0.573. The van der Waals surface area contributed by atoms with Gasteiger partial charge in [-0.15, -0.1) is 0 Å². The van der Waals surface area contributed by atoms with Gasteiger partial charge in [-0.05, 0) is 34.7 Å². The van der Waals surface area contributed by atoms with E-state index in [0.29, 0.717) is 11.9 Å². The molecule has 1 aromatic rings. The topological polar surface area (TPSA) is 43.8 Å². The van der Waals surface area contributed by atoms with Crippen molar-refractivity contribution in [2.24, 2.45) is 13.0 Å². The Bertz CT molecular complexity index is 291. The maximum absolute atomic E-state index is 5.67. The molecule has 0 saturated heterocycles. The number of hydrogen-bond donors (Lipinski definition) is 1. The molecule has 0 aromatic carbocycles. The molecule has 0 aliphatic heterocycles. The molecule has 0 aliphatic rings. The molecule has 3 nitrogen and oxygen atoms in total. The van der Waals surface area contributed by atoms with Gasteiger partial charge >= 0.3 is 0 Å². The van der Waals surface area contributed by atoms with Gasteiger partial charge in [0.2, 0.25) is 5.95 Å². The lowest BCUT2D eigenvalue weighted by atomic mass is 10.1. The van der Waals surface area contributed by atoms with Gasteiger partial charge in [0, 0.05) is 7.05 Å². The largest absolute Gasteiger partial charge is 0.369 e. The van der Waals surface area contributed by atoms with Gasteiger partial charge in [0.15, 0.2) is 0 Å². The summed E-state index contributed by atoms with van der Waals surface area (Å²) in [6.45, 7) is 4.43. The van der Waals surface area contributed by atoms with Crippen molar-refractivity contribution in [2.75, 3.05) is 5.73 Å². The highest BCUT2D eigenvalue weighted by Crippen LogP contribution is 2.20. The first-order chi connectivity index (χ1) is 6.02. The summed E-state index contributed by atoms with van der Waals surface area (Å²) in [7, 11) is 1.95. The second kappa shape index (κ2) is 4.13. The summed E-state index contributed by atoms with van der Waals surface area (Å²) in [5.74, 6) is 1.29. The highest BCUT2D eigenvalue weighted by atomic mass is 79.9. The van der Waals surface area contributed by atoms with Crippen LogP contribution in [0.15, 0.2) is 4.60 Å². The Labute approximate surface area is 87.5 Å². The Morgan fingerprint density at radius 3 is 2.54 bits per heavy atom. The molecule has 13 heavy (non-hydrogen) atoms. The Morgan fingerprint density at radius 2 is 2.15 bits per heavy atom. The molecule has 0 saturated carbocycles. The Balaban J connectivity index is 2.76. The maximum atomic E-state index is 5.67. The molecule has 74 valence electrons. The molecule has 4 heteroatoms. The molecular weight excluding hydrogens is 230 g/mol. The first kappa shape index (κ1) is 10.6. The third-order valence-electron chi connectivity index (χ3n) is 2.16. The van der Waals surface area contributed by atoms with Crippen molar-refractivity contribution in [1.29, 1.82) is 0 Å². The lowest BCUT2D eigenvalue weighted by Gasteiger charge is -2.06. The van der Waals surface area contributed by atoms with E-state index in [1.54, 1.807) is 0 Å². The summed E-state index contributed by atoms with van der Waals surface area (Å²) in [5, 5.41) is 0. The quantitative estimate of drug-likeness (QED) is 0.889. The van der Waals surface area contributed by atoms with Crippen LogP contribution in [-0.2, 0) is 13.5 Å². The van der Waals surface area contributed by atoms with Crippen LogP contribution in [0.2, 0.25) is 0 Å². The molecule has 0 atom stereocenters. The van der Waals surface area contributed by atoms with E-state index in [1.807, 2.05) is 11.6 Å². The molecule has 1 aromatic heterocycles. The van der Waals surface area contributed by atoms with Gasteiger partial charge in [-0.1, -0.05) is 13.8 Å². The third-order valence-corrected chi connectivity index (χ3v) is 2.79. The molecule has 1 rings (SSSR count). The van der Waals surface area contributed by atoms with Crippen molar-refractivity contribution in [2.45, 2.75) is 26.7 Å². The summed E-state index contributed by atoms with van der Waals surface area (Å²) in [4.78, 5) is 4.15. The van der Waals surface area contributed by atoms with Crippen LogP contribution in [0.1, 0.15) is 26.0 Å². The average Bonchev–Trinajstić information content (AvgIpc) is 2.24. The zero-order valence-corrected chi connectivity index (χ0v) is 9.93. The van der Waals surface area contributed by atoms with E-state index in [0.717, 1.165) is 17.4 Å². The van der Waals surface area contributed by atoms with Gasteiger partial charge in [-0.2, -0.15) is 0 Å². The van der Waals surface area contributed by atoms with E-state index >= 15 is 0 Å². The van der Waals surface area contributed by atoms with Crippen molar-refractivity contribution < 1.29 is 0 Å². The number of imidazole rings is 1. The van der Waals surface area contributed by atoms with E-state index in [1.165, 1.54) is 5.69 Å². The number of nitrogens with zero attached hydrogens (tertiary/aromatic N) is 2. The van der Waals surface area contributed by atoms with Gasteiger partial charge in [0.05, 0.1) is 5.69 Å². The molecule has 0 amide bonds. The number of halogens is 1. The van der Waals surface area contributed by atoms with Crippen molar-refractivity contribution >= 4 is 21.9 Å². The summed E-state index contributed by atoms with van der Waals surface area (Å²) in [5.41, 5.74) is 6.86. The monoisotopic (exact) mass is 245 g/mol. The average molecular weight is 246 g/mol. The SMILES string of the molecule is CC(C)CCc1c(Br)nc(N)n1C. The Hall–Kier alpha value is -0.510. The number of nitrogen functional groups attached to an aromatic ring is 1. The van der Waals surface area contributed by atoms with Crippen LogP contribution in [-0.4, -0.2) is 9.55 Å². The number of anilines is 1. The highest BCUT2D eigenvalue weighted by Gasteiger charge is 2.10. The van der Waals surface area contributed by atoms with E-state index in [2.05, 4.69) is 34.8 Å². The number of rotatable bonds is 3. The summed E-state index contributed by atoms with van der Waals surface area (Å²) < 4.78 is 2.82. The van der Waals surface area contributed by atoms with E-state index in [4.69, 9.17) is 5.73 Å². The highest BCUT2D eigenvalue weighted by molar-refractivity contribution is 9.10. The first-order valence-corrected chi connectivity index (χ1v) is 5.28. The number of nitrogens with two attached hydrogens (primary N) is 1. The number of hydrogen-bond acceptors (Lipinski definition) is 2. The molecular formula is C9H16BrN3. The minimum Gasteiger partial charge on any atom is -0.369 e. The molecule has 1 heterocycles. The zero-order chi connectivity index (χ0) is 10.0. The second-order valence-corrected chi connectivity index (χ2v) is 4.45. The van der Waals surface area contributed by atoms with Crippen LogP contribution >= 0.6 is 15.9 Å². The predicted molar refractivity (Wildman–Crippen MR) is 58.5 cm³/mol. The van der Waals surface area contributed by atoms with Crippen LogP contribution in [0.3, 0.4) is 0 Å².